The van der Waals surface area contributed by atoms with Crippen LogP contribution in [0.4, 0.5) is 0 Å². The third kappa shape index (κ3) is 2.05. The first-order chi connectivity index (χ1) is 6.29. The summed E-state index contributed by atoms with van der Waals surface area (Å²) in [6, 6.07) is 2.07. The first kappa shape index (κ1) is 9.46. The van der Waals surface area contributed by atoms with Crippen molar-refractivity contribution in [3.8, 4) is 5.88 Å². The van der Waals surface area contributed by atoms with Gasteiger partial charge >= 0.3 is 0 Å². The molecule has 1 aliphatic carbocycles. The zero-order valence-electron chi connectivity index (χ0n) is 7.50. The van der Waals surface area contributed by atoms with Gasteiger partial charge in [-0.3, -0.25) is 0 Å². The number of ether oxygens (including phenoxy) is 1. The van der Waals surface area contributed by atoms with Crippen molar-refractivity contribution >= 4 is 27.5 Å². The van der Waals surface area contributed by atoms with Crippen molar-refractivity contribution in [1.29, 1.82) is 0 Å². The Bertz CT molecular complexity index is 289. The Hall–Kier alpha value is -0.0900. The van der Waals surface area contributed by atoms with Crippen LogP contribution >= 0.6 is 27.5 Å². The van der Waals surface area contributed by atoms with Crippen LogP contribution in [0.3, 0.4) is 0 Å². The second-order valence-corrected chi connectivity index (χ2v) is 5.51. The number of halogens is 1. The van der Waals surface area contributed by atoms with Crippen LogP contribution in [0.25, 0.3) is 0 Å². The zero-order valence-corrected chi connectivity index (χ0v) is 9.90. The van der Waals surface area contributed by atoms with Gasteiger partial charge in [0.25, 0.3) is 0 Å². The van der Waals surface area contributed by atoms with E-state index in [0.29, 0.717) is 10.7 Å². The second-order valence-electron chi connectivity index (χ2n) is 3.38. The predicted molar refractivity (Wildman–Crippen MR) is 58.0 cm³/mol. The van der Waals surface area contributed by atoms with Crippen LogP contribution in [-0.2, 0) is 0 Å². The molecule has 13 heavy (non-hydrogen) atoms. The van der Waals surface area contributed by atoms with Crippen molar-refractivity contribution in [2.45, 2.75) is 30.0 Å². The minimum Gasteiger partial charge on any atom is -0.480 e. The lowest BCUT2D eigenvalue weighted by atomic mass is 10.1. The molecule has 2 rings (SSSR count). The van der Waals surface area contributed by atoms with Crippen molar-refractivity contribution in [2.24, 2.45) is 0 Å². The highest BCUT2D eigenvalue weighted by molar-refractivity contribution is 9.09. The van der Waals surface area contributed by atoms with Gasteiger partial charge in [0.2, 0.25) is 5.88 Å². The molecule has 0 aliphatic heterocycles. The number of nitrogens with zero attached hydrogens (tertiary/aromatic N) is 1. The van der Waals surface area contributed by atoms with Gasteiger partial charge in [-0.15, -0.1) is 0 Å². The molecule has 0 bridgehead atoms. The van der Waals surface area contributed by atoms with Crippen LogP contribution < -0.4 is 4.74 Å². The Morgan fingerprint density at radius 2 is 2.46 bits per heavy atom. The fraction of sp³-hybridized carbons (Fsp3) is 0.667. The van der Waals surface area contributed by atoms with Gasteiger partial charge in [-0.2, -0.15) is 4.37 Å². The summed E-state index contributed by atoms with van der Waals surface area (Å²) in [7, 11) is 1.67. The molecule has 2 unspecified atom stereocenters. The van der Waals surface area contributed by atoms with E-state index in [4.69, 9.17) is 4.74 Å². The summed E-state index contributed by atoms with van der Waals surface area (Å²) in [4.78, 5) is 2.07. The monoisotopic (exact) mass is 261 g/mol. The van der Waals surface area contributed by atoms with Gasteiger partial charge < -0.3 is 4.74 Å². The van der Waals surface area contributed by atoms with Gasteiger partial charge in [0.05, 0.1) is 7.11 Å². The molecule has 2 atom stereocenters. The van der Waals surface area contributed by atoms with E-state index in [1.54, 1.807) is 18.6 Å². The maximum absolute atomic E-state index is 5.07. The number of aromatic nitrogens is 1. The number of alkyl halides is 1. The molecule has 0 radical (unpaired) electrons. The summed E-state index contributed by atoms with van der Waals surface area (Å²) < 4.78 is 9.28. The maximum atomic E-state index is 5.07. The van der Waals surface area contributed by atoms with E-state index < -0.39 is 0 Å². The molecule has 1 aromatic rings. The van der Waals surface area contributed by atoms with Crippen molar-refractivity contribution in [2.75, 3.05) is 7.11 Å². The number of hydrogen-bond acceptors (Lipinski definition) is 3. The van der Waals surface area contributed by atoms with E-state index >= 15 is 0 Å². The standard InChI is InChI=1S/C9H12BrNOS/c1-12-9-5-8(13-11-9)6-2-3-7(10)4-6/h5-7H,2-4H2,1H3. The summed E-state index contributed by atoms with van der Waals surface area (Å²) in [6.07, 6.45) is 3.80. The predicted octanol–water partition coefficient (Wildman–Crippen LogP) is 3.18. The Labute approximate surface area is 90.6 Å². The molecule has 4 heteroatoms. The normalized spacial score (nSPS) is 27.8. The van der Waals surface area contributed by atoms with E-state index in [0.717, 1.165) is 5.88 Å². The highest BCUT2D eigenvalue weighted by Crippen LogP contribution is 2.40. The Kier molecular flexibility index (Phi) is 2.89. The van der Waals surface area contributed by atoms with Crippen LogP contribution in [0.1, 0.15) is 30.1 Å². The molecule has 1 saturated carbocycles. The van der Waals surface area contributed by atoms with Gasteiger partial charge in [-0.05, 0) is 36.7 Å². The van der Waals surface area contributed by atoms with Crippen molar-refractivity contribution in [1.82, 2.24) is 4.37 Å². The third-order valence-electron chi connectivity index (χ3n) is 2.49. The van der Waals surface area contributed by atoms with Gasteiger partial charge in [0.15, 0.2) is 0 Å². The molecule has 0 saturated heterocycles. The van der Waals surface area contributed by atoms with Gasteiger partial charge in [-0.1, -0.05) is 15.9 Å². The third-order valence-corrected chi connectivity index (χ3v) is 4.25. The minimum absolute atomic E-state index is 0.700. The van der Waals surface area contributed by atoms with Crippen LogP contribution in [0.2, 0.25) is 0 Å². The molecule has 0 amide bonds. The van der Waals surface area contributed by atoms with E-state index in [1.165, 1.54) is 24.1 Å². The number of rotatable bonds is 2. The van der Waals surface area contributed by atoms with Crippen molar-refractivity contribution in [3.05, 3.63) is 10.9 Å². The Balaban J connectivity index is 2.08. The first-order valence-electron chi connectivity index (χ1n) is 4.44. The molecule has 1 fully saturated rings. The average Bonchev–Trinajstić information content (AvgIpc) is 2.71. The fourth-order valence-corrected chi connectivity index (χ4v) is 3.30. The largest absolute Gasteiger partial charge is 0.480 e. The van der Waals surface area contributed by atoms with Gasteiger partial charge in [0.1, 0.15) is 0 Å². The minimum atomic E-state index is 0.700. The van der Waals surface area contributed by atoms with Crippen LogP contribution in [0.15, 0.2) is 6.07 Å². The van der Waals surface area contributed by atoms with Crippen LogP contribution in [0.5, 0.6) is 5.88 Å². The van der Waals surface area contributed by atoms with E-state index in [2.05, 4.69) is 26.4 Å². The molecule has 0 aromatic carbocycles. The summed E-state index contributed by atoms with van der Waals surface area (Å²) in [5.41, 5.74) is 0. The summed E-state index contributed by atoms with van der Waals surface area (Å²) in [5.74, 6) is 1.46. The SMILES string of the molecule is COc1cc(C2CCC(Br)C2)sn1. The van der Waals surface area contributed by atoms with E-state index in [-0.39, 0.29) is 0 Å². The molecular formula is C9H12BrNOS. The van der Waals surface area contributed by atoms with Crippen LogP contribution in [-0.4, -0.2) is 16.3 Å². The number of methoxy groups -OCH3 is 1. The molecule has 2 nitrogen and oxygen atoms in total. The topological polar surface area (TPSA) is 22.1 Å². The molecule has 0 spiro atoms. The number of hydrogen-bond donors (Lipinski definition) is 0. The molecule has 1 aliphatic rings. The first-order valence-corrected chi connectivity index (χ1v) is 6.13. The summed E-state index contributed by atoms with van der Waals surface area (Å²) in [6.45, 7) is 0. The average molecular weight is 262 g/mol. The highest BCUT2D eigenvalue weighted by Gasteiger charge is 2.25. The van der Waals surface area contributed by atoms with Gasteiger partial charge in [0, 0.05) is 15.8 Å². The summed E-state index contributed by atoms with van der Waals surface area (Å²) >= 11 is 5.23. The van der Waals surface area contributed by atoms with E-state index in [9.17, 15) is 0 Å². The van der Waals surface area contributed by atoms with Gasteiger partial charge in [-0.25, -0.2) is 0 Å². The maximum Gasteiger partial charge on any atom is 0.225 e. The smallest absolute Gasteiger partial charge is 0.225 e. The Morgan fingerprint density at radius 3 is 3.00 bits per heavy atom. The second kappa shape index (κ2) is 3.96. The Morgan fingerprint density at radius 1 is 1.62 bits per heavy atom. The lowest BCUT2D eigenvalue weighted by Gasteiger charge is -2.03. The summed E-state index contributed by atoms with van der Waals surface area (Å²) in [5, 5.41) is 0. The molecule has 1 aromatic heterocycles. The quantitative estimate of drug-likeness (QED) is 0.764. The molecule has 72 valence electrons. The fourth-order valence-electron chi connectivity index (χ4n) is 1.75. The molecule has 1 heterocycles. The molecular weight excluding hydrogens is 250 g/mol. The van der Waals surface area contributed by atoms with Crippen molar-refractivity contribution in [3.63, 3.8) is 0 Å². The van der Waals surface area contributed by atoms with Crippen molar-refractivity contribution < 1.29 is 4.74 Å². The zero-order chi connectivity index (χ0) is 9.26. The lowest BCUT2D eigenvalue weighted by molar-refractivity contribution is 0.402. The van der Waals surface area contributed by atoms with Crippen LogP contribution in [0, 0.1) is 0 Å². The van der Waals surface area contributed by atoms with E-state index in [1.807, 2.05) is 0 Å². The lowest BCUT2D eigenvalue weighted by Crippen LogP contribution is -1.90. The molecule has 0 N–H and O–H groups in total. The highest BCUT2D eigenvalue weighted by atomic mass is 79.9.